The lowest BCUT2D eigenvalue weighted by molar-refractivity contribution is -0.140. The molecule has 2 heterocycles. The predicted molar refractivity (Wildman–Crippen MR) is 57.2 cm³/mol. The second-order valence-electron chi connectivity index (χ2n) is 4.06. The molecule has 1 aliphatic rings. The van der Waals surface area contributed by atoms with Crippen LogP contribution >= 0.6 is 0 Å². The van der Waals surface area contributed by atoms with Gasteiger partial charge in [0.25, 0.3) is 0 Å². The van der Waals surface area contributed by atoms with Crippen LogP contribution in [0.5, 0.6) is 0 Å². The molecule has 1 saturated heterocycles. The van der Waals surface area contributed by atoms with E-state index in [1.54, 1.807) is 0 Å². The van der Waals surface area contributed by atoms with Gasteiger partial charge in [-0.2, -0.15) is 13.2 Å². The van der Waals surface area contributed by atoms with Crippen molar-refractivity contribution in [2.24, 2.45) is 0 Å². The molecule has 1 N–H and O–H groups in total. The molecule has 2 rings (SSSR count). The first-order chi connectivity index (χ1) is 8.41. The minimum atomic E-state index is -4.53. The molecule has 4 nitrogen and oxygen atoms in total. The predicted octanol–water partition coefficient (Wildman–Crippen LogP) is 2.15. The van der Waals surface area contributed by atoms with Gasteiger partial charge in [0.15, 0.2) is 0 Å². The summed E-state index contributed by atoms with van der Waals surface area (Å²) in [7, 11) is 0. The molecule has 1 atom stereocenters. The average molecular weight is 260 g/mol. The van der Waals surface area contributed by atoms with Gasteiger partial charge in [0.2, 0.25) is 0 Å². The van der Waals surface area contributed by atoms with Crippen LogP contribution in [0.15, 0.2) is 18.3 Å². The number of anilines is 1. The quantitative estimate of drug-likeness (QED) is 0.885. The number of carbonyl (C=O) groups is 1. The number of hydrogen-bond donors (Lipinski definition) is 1. The van der Waals surface area contributed by atoms with Crippen LogP contribution in [0.1, 0.15) is 18.4 Å². The van der Waals surface area contributed by atoms with Crippen LogP contribution in [0.4, 0.5) is 19.0 Å². The summed E-state index contributed by atoms with van der Waals surface area (Å²) in [5, 5.41) is 8.99. The van der Waals surface area contributed by atoms with Crippen molar-refractivity contribution in [2.45, 2.75) is 25.1 Å². The lowest BCUT2D eigenvalue weighted by Crippen LogP contribution is -2.37. The molecule has 98 valence electrons. The Hall–Kier alpha value is -1.79. The summed E-state index contributed by atoms with van der Waals surface area (Å²) < 4.78 is 38.4. The van der Waals surface area contributed by atoms with Gasteiger partial charge in [0, 0.05) is 12.7 Å². The molecule has 18 heavy (non-hydrogen) atoms. The van der Waals surface area contributed by atoms with Crippen LogP contribution in [0, 0.1) is 0 Å². The highest BCUT2D eigenvalue weighted by atomic mass is 19.4. The highest BCUT2D eigenvalue weighted by Gasteiger charge is 2.39. The van der Waals surface area contributed by atoms with Crippen LogP contribution in [0.3, 0.4) is 0 Å². The van der Waals surface area contributed by atoms with Gasteiger partial charge in [-0.1, -0.05) is 0 Å². The van der Waals surface area contributed by atoms with E-state index in [1.165, 1.54) is 17.2 Å². The molecular weight excluding hydrogens is 249 g/mol. The van der Waals surface area contributed by atoms with Gasteiger partial charge in [-0.05, 0) is 25.0 Å². The first kappa shape index (κ1) is 12.7. The number of aliphatic carboxylic acids is 1. The third kappa shape index (κ3) is 2.25. The molecule has 1 aromatic heterocycles. The SMILES string of the molecule is O=C(O)[C@@H]1CCCN1c1ncccc1C(F)(F)F. The Morgan fingerprint density at radius 1 is 1.50 bits per heavy atom. The molecule has 1 aromatic rings. The number of nitrogens with zero attached hydrogens (tertiary/aromatic N) is 2. The van der Waals surface area contributed by atoms with Crippen LogP contribution in [-0.2, 0) is 11.0 Å². The van der Waals surface area contributed by atoms with E-state index in [9.17, 15) is 18.0 Å². The minimum Gasteiger partial charge on any atom is -0.480 e. The van der Waals surface area contributed by atoms with Crippen molar-refractivity contribution in [3.05, 3.63) is 23.9 Å². The van der Waals surface area contributed by atoms with Crippen LogP contribution in [-0.4, -0.2) is 28.6 Å². The molecule has 0 unspecified atom stereocenters. The van der Waals surface area contributed by atoms with Gasteiger partial charge in [-0.3, -0.25) is 0 Å². The van der Waals surface area contributed by atoms with E-state index in [4.69, 9.17) is 5.11 Å². The van der Waals surface area contributed by atoms with E-state index in [0.29, 0.717) is 12.8 Å². The second kappa shape index (κ2) is 4.47. The van der Waals surface area contributed by atoms with Crippen molar-refractivity contribution in [1.82, 2.24) is 4.98 Å². The number of halogens is 3. The fourth-order valence-corrected chi connectivity index (χ4v) is 2.12. The summed E-state index contributed by atoms with van der Waals surface area (Å²) in [6, 6.07) is 1.18. The second-order valence-corrected chi connectivity index (χ2v) is 4.06. The summed E-state index contributed by atoms with van der Waals surface area (Å²) in [6.45, 7) is 0.275. The van der Waals surface area contributed by atoms with Gasteiger partial charge < -0.3 is 10.0 Å². The molecule has 0 spiro atoms. The summed E-state index contributed by atoms with van der Waals surface area (Å²) in [5.74, 6) is -1.42. The Balaban J connectivity index is 2.42. The van der Waals surface area contributed by atoms with Crippen molar-refractivity contribution in [2.75, 3.05) is 11.4 Å². The van der Waals surface area contributed by atoms with E-state index in [-0.39, 0.29) is 12.4 Å². The van der Waals surface area contributed by atoms with Gasteiger partial charge >= 0.3 is 12.1 Å². The van der Waals surface area contributed by atoms with Gasteiger partial charge in [-0.15, -0.1) is 0 Å². The number of aromatic nitrogens is 1. The van der Waals surface area contributed by atoms with E-state index in [0.717, 1.165) is 6.07 Å². The van der Waals surface area contributed by atoms with Gasteiger partial charge in [-0.25, -0.2) is 9.78 Å². The number of alkyl halides is 3. The van der Waals surface area contributed by atoms with Crippen LogP contribution in [0.25, 0.3) is 0 Å². The fraction of sp³-hybridized carbons (Fsp3) is 0.455. The molecule has 0 radical (unpaired) electrons. The minimum absolute atomic E-state index is 0.275. The van der Waals surface area contributed by atoms with E-state index >= 15 is 0 Å². The maximum absolute atomic E-state index is 12.8. The van der Waals surface area contributed by atoms with Crippen molar-refractivity contribution in [3.8, 4) is 0 Å². The van der Waals surface area contributed by atoms with E-state index in [2.05, 4.69) is 4.98 Å². The maximum Gasteiger partial charge on any atom is 0.419 e. The normalized spacial score (nSPS) is 20.2. The van der Waals surface area contributed by atoms with Crippen LogP contribution in [0.2, 0.25) is 0 Å². The number of hydrogen-bond acceptors (Lipinski definition) is 3. The van der Waals surface area contributed by atoms with Crippen molar-refractivity contribution >= 4 is 11.8 Å². The number of rotatable bonds is 2. The van der Waals surface area contributed by atoms with Crippen molar-refractivity contribution in [1.29, 1.82) is 0 Å². The Labute approximate surface area is 101 Å². The zero-order chi connectivity index (χ0) is 13.3. The molecule has 1 aliphatic heterocycles. The molecule has 1 fully saturated rings. The van der Waals surface area contributed by atoms with Crippen molar-refractivity contribution < 1.29 is 23.1 Å². The first-order valence-electron chi connectivity index (χ1n) is 5.43. The number of carboxylic acids is 1. The van der Waals surface area contributed by atoms with E-state index in [1.807, 2.05) is 0 Å². The Bertz CT molecular complexity index is 462. The molecule has 0 saturated carbocycles. The molecule has 0 aromatic carbocycles. The smallest absolute Gasteiger partial charge is 0.419 e. The third-order valence-electron chi connectivity index (χ3n) is 2.90. The van der Waals surface area contributed by atoms with Crippen LogP contribution < -0.4 is 4.90 Å². The summed E-state index contributed by atoms with van der Waals surface area (Å²) in [4.78, 5) is 15.9. The fourth-order valence-electron chi connectivity index (χ4n) is 2.12. The first-order valence-corrected chi connectivity index (χ1v) is 5.43. The summed E-state index contributed by atoms with van der Waals surface area (Å²) in [6.07, 6.45) is -2.41. The molecule has 7 heteroatoms. The monoisotopic (exact) mass is 260 g/mol. The lowest BCUT2D eigenvalue weighted by Gasteiger charge is -2.25. The number of carboxylic acid groups (broad SMARTS) is 1. The largest absolute Gasteiger partial charge is 0.480 e. The number of pyridine rings is 1. The molecular formula is C11H11F3N2O2. The van der Waals surface area contributed by atoms with Gasteiger partial charge in [0.05, 0.1) is 5.56 Å². The highest BCUT2D eigenvalue weighted by molar-refractivity contribution is 5.78. The highest BCUT2D eigenvalue weighted by Crippen LogP contribution is 2.37. The topological polar surface area (TPSA) is 53.4 Å². The molecule has 0 amide bonds. The van der Waals surface area contributed by atoms with Crippen molar-refractivity contribution in [3.63, 3.8) is 0 Å². The average Bonchev–Trinajstić information content (AvgIpc) is 2.76. The zero-order valence-corrected chi connectivity index (χ0v) is 9.31. The molecule has 0 bridgehead atoms. The maximum atomic E-state index is 12.8. The Kier molecular flexibility index (Phi) is 3.14. The zero-order valence-electron chi connectivity index (χ0n) is 9.31. The Morgan fingerprint density at radius 3 is 2.83 bits per heavy atom. The van der Waals surface area contributed by atoms with E-state index < -0.39 is 23.8 Å². The summed E-state index contributed by atoms with van der Waals surface area (Å²) in [5.41, 5.74) is -0.891. The molecule has 0 aliphatic carbocycles. The Morgan fingerprint density at radius 2 is 2.22 bits per heavy atom. The standard InChI is InChI=1S/C11H11F3N2O2/c12-11(13,14)7-3-1-5-15-9(7)16-6-2-4-8(16)10(17)18/h1,3,5,8H,2,4,6H2,(H,17,18)/t8-/m0/s1. The lowest BCUT2D eigenvalue weighted by atomic mass is 10.2. The summed E-state index contributed by atoms with van der Waals surface area (Å²) >= 11 is 0. The van der Waals surface area contributed by atoms with Gasteiger partial charge in [0.1, 0.15) is 11.9 Å². The third-order valence-corrected chi connectivity index (χ3v) is 2.90.